The topological polar surface area (TPSA) is 63.0 Å². The van der Waals surface area contributed by atoms with E-state index in [-0.39, 0.29) is 4.90 Å². The summed E-state index contributed by atoms with van der Waals surface area (Å²) in [5, 5.41) is 0. The predicted molar refractivity (Wildman–Crippen MR) is 95.2 cm³/mol. The highest BCUT2D eigenvalue weighted by Gasteiger charge is 2.31. The molecule has 0 radical (unpaired) electrons. The van der Waals surface area contributed by atoms with Crippen molar-refractivity contribution < 1.29 is 17.6 Å². The van der Waals surface area contributed by atoms with Crippen molar-refractivity contribution in [3.8, 4) is 5.75 Å². The molecular formula is C18H24N2O4S. The molecule has 1 aromatic carbocycles. The Morgan fingerprint density at radius 3 is 2.40 bits per heavy atom. The molecule has 0 saturated carbocycles. The maximum atomic E-state index is 13.1. The van der Waals surface area contributed by atoms with Crippen LogP contribution in [0.5, 0.6) is 5.75 Å². The summed E-state index contributed by atoms with van der Waals surface area (Å²) >= 11 is 0. The Morgan fingerprint density at radius 2 is 1.80 bits per heavy atom. The zero-order chi connectivity index (χ0) is 18.0. The smallest absolute Gasteiger partial charge is 0.246 e. The van der Waals surface area contributed by atoms with E-state index in [1.54, 1.807) is 18.4 Å². The molecule has 0 unspecified atom stereocenters. The number of nitrogens with zero attached hydrogens (tertiary/aromatic N) is 2. The molecule has 2 aromatic rings. The Bertz CT molecular complexity index is 823. The summed E-state index contributed by atoms with van der Waals surface area (Å²) in [6, 6.07) is 7.29. The number of ether oxygens (including phenoxy) is 1. The number of methoxy groups -OCH3 is 1. The fourth-order valence-electron chi connectivity index (χ4n) is 3.01. The number of sulfonamides is 1. The van der Waals surface area contributed by atoms with Gasteiger partial charge in [-0.15, -0.1) is 0 Å². The van der Waals surface area contributed by atoms with Crippen molar-refractivity contribution in [3.05, 3.63) is 47.4 Å². The molecule has 6 nitrogen and oxygen atoms in total. The Hall–Kier alpha value is -1.83. The lowest BCUT2D eigenvalue weighted by atomic mass is 10.1. The Labute approximate surface area is 149 Å². The molecule has 3 rings (SSSR count). The highest BCUT2D eigenvalue weighted by Crippen LogP contribution is 2.30. The third-order valence-corrected chi connectivity index (χ3v) is 6.61. The van der Waals surface area contributed by atoms with Crippen molar-refractivity contribution in [2.24, 2.45) is 0 Å². The first-order valence-electron chi connectivity index (χ1n) is 8.32. The standard InChI is InChI=1S/C18H24N2O4S/c1-14-11-17(23-3)18(12-15(14)2)25(21,22)20-8-6-19(7-9-20)13-16-5-4-10-24-16/h4-5,10-12H,6-9,13H2,1-3H3. The molecule has 25 heavy (non-hydrogen) atoms. The summed E-state index contributed by atoms with van der Waals surface area (Å²) in [5.41, 5.74) is 1.95. The van der Waals surface area contributed by atoms with Gasteiger partial charge in [0.25, 0.3) is 0 Å². The monoisotopic (exact) mass is 364 g/mol. The molecule has 136 valence electrons. The minimum atomic E-state index is -3.57. The number of piperazine rings is 1. The highest BCUT2D eigenvalue weighted by atomic mass is 32.2. The molecule has 0 aliphatic carbocycles. The molecule has 1 aliphatic heterocycles. The van der Waals surface area contributed by atoms with Crippen LogP contribution >= 0.6 is 0 Å². The molecular weight excluding hydrogens is 340 g/mol. The molecule has 1 aliphatic rings. The van der Waals surface area contributed by atoms with Crippen LogP contribution in [-0.2, 0) is 16.6 Å². The second-order valence-electron chi connectivity index (χ2n) is 6.35. The molecule has 0 amide bonds. The molecule has 0 spiro atoms. The van der Waals surface area contributed by atoms with Crippen LogP contribution in [-0.4, -0.2) is 50.9 Å². The predicted octanol–water partition coefficient (Wildman–Crippen LogP) is 2.41. The van der Waals surface area contributed by atoms with Gasteiger partial charge in [0.1, 0.15) is 16.4 Å². The minimum Gasteiger partial charge on any atom is -0.495 e. The van der Waals surface area contributed by atoms with E-state index in [0.717, 1.165) is 16.9 Å². The van der Waals surface area contributed by atoms with Gasteiger partial charge in [-0.1, -0.05) is 0 Å². The summed E-state index contributed by atoms with van der Waals surface area (Å²) in [4.78, 5) is 2.44. The maximum Gasteiger partial charge on any atom is 0.246 e. The maximum absolute atomic E-state index is 13.1. The lowest BCUT2D eigenvalue weighted by Crippen LogP contribution is -2.48. The molecule has 0 atom stereocenters. The zero-order valence-electron chi connectivity index (χ0n) is 14.9. The molecule has 1 fully saturated rings. The van der Waals surface area contributed by atoms with Gasteiger partial charge in [-0.25, -0.2) is 8.42 Å². The second kappa shape index (κ2) is 7.19. The van der Waals surface area contributed by atoms with Gasteiger partial charge in [0.05, 0.1) is 19.9 Å². The number of furan rings is 1. The van der Waals surface area contributed by atoms with Crippen molar-refractivity contribution in [1.82, 2.24) is 9.21 Å². The lowest BCUT2D eigenvalue weighted by Gasteiger charge is -2.33. The van der Waals surface area contributed by atoms with Gasteiger partial charge in [0, 0.05) is 26.2 Å². The first-order chi connectivity index (χ1) is 11.9. The summed E-state index contributed by atoms with van der Waals surface area (Å²) in [6.45, 7) is 6.82. The number of benzene rings is 1. The molecule has 0 N–H and O–H groups in total. The fraction of sp³-hybridized carbons (Fsp3) is 0.444. The van der Waals surface area contributed by atoms with Gasteiger partial charge in [0.2, 0.25) is 10.0 Å². The van der Waals surface area contributed by atoms with E-state index in [9.17, 15) is 8.42 Å². The van der Waals surface area contributed by atoms with Crippen LogP contribution in [0.4, 0.5) is 0 Å². The van der Waals surface area contributed by atoms with Crippen molar-refractivity contribution in [1.29, 1.82) is 0 Å². The van der Waals surface area contributed by atoms with Crippen LogP contribution < -0.4 is 4.74 Å². The number of rotatable bonds is 5. The third kappa shape index (κ3) is 3.73. The van der Waals surface area contributed by atoms with Crippen LogP contribution in [0.2, 0.25) is 0 Å². The molecule has 1 aromatic heterocycles. The van der Waals surface area contributed by atoms with Crippen LogP contribution in [0.25, 0.3) is 0 Å². The summed E-state index contributed by atoms with van der Waals surface area (Å²) in [6.07, 6.45) is 1.65. The highest BCUT2D eigenvalue weighted by molar-refractivity contribution is 7.89. The van der Waals surface area contributed by atoms with E-state index >= 15 is 0 Å². The number of aryl methyl sites for hydroxylation is 2. The quantitative estimate of drug-likeness (QED) is 0.815. The van der Waals surface area contributed by atoms with E-state index in [0.29, 0.717) is 38.5 Å². The van der Waals surface area contributed by atoms with Crippen molar-refractivity contribution in [2.45, 2.75) is 25.3 Å². The Kier molecular flexibility index (Phi) is 5.17. The number of hydrogen-bond acceptors (Lipinski definition) is 5. The number of hydrogen-bond donors (Lipinski definition) is 0. The Balaban J connectivity index is 1.75. The minimum absolute atomic E-state index is 0.248. The van der Waals surface area contributed by atoms with Crippen molar-refractivity contribution in [2.75, 3.05) is 33.3 Å². The third-order valence-electron chi connectivity index (χ3n) is 4.69. The summed E-state index contributed by atoms with van der Waals surface area (Å²) in [5.74, 6) is 1.30. The molecule has 0 bridgehead atoms. The van der Waals surface area contributed by atoms with Crippen molar-refractivity contribution in [3.63, 3.8) is 0 Å². The lowest BCUT2D eigenvalue weighted by molar-refractivity contribution is 0.171. The average molecular weight is 364 g/mol. The van der Waals surface area contributed by atoms with Gasteiger partial charge in [0.15, 0.2) is 0 Å². The first-order valence-corrected chi connectivity index (χ1v) is 9.76. The normalized spacial score (nSPS) is 16.9. The van der Waals surface area contributed by atoms with E-state index < -0.39 is 10.0 Å². The zero-order valence-corrected chi connectivity index (χ0v) is 15.7. The molecule has 2 heterocycles. The van der Waals surface area contributed by atoms with E-state index in [1.165, 1.54) is 11.4 Å². The summed E-state index contributed by atoms with van der Waals surface area (Å²) < 4.78 is 38.4. The largest absolute Gasteiger partial charge is 0.495 e. The summed E-state index contributed by atoms with van der Waals surface area (Å²) in [7, 11) is -2.07. The molecule has 1 saturated heterocycles. The van der Waals surface area contributed by atoms with Gasteiger partial charge in [-0.05, 0) is 49.2 Å². The van der Waals surface area contributed by atoms with Crippen LogP contribution in [0.3, 0.4) is 0 Å². The van der Waals surface area contributed by atoms with Crippen molar-refractivity contribution >= 4 is 10.0 Å². The average Bonchev–Trinajstić information content (AvgIpc) is 3.10. The van der Waals surface area contributed by atoms with Crippen LogP contribution in [0, 0.1) is 13.8 Å². The SMILES string of the molecule is COc1cc(C)c(C)cc1S(=O)(=O)N1CCN(Cc2ccco2)CC1. The van der Waals surface area contributed by atoms with Gasteiger partial charge in [-0.3, -0.25) is 4.90 Å². The Morgan fingerprint density at radius 1 is 1.12 bits per heavy atom. The van der Waals surface area contributed by atoms with Crippen LogP contribution in [0.15, 0.2) is 39.8 Å². The van der Waals surface area contributed by atoms with E-state index in [1.807, 2.05) is 26.0 Å². The van der Waals surface area contributed by atoms with Crippen LogP contribution in [0.1, 0.15) is 16.9 Å². The van der Waals surface area contributed by atoms with E-state index in [4.69, 9.17) is 9.15 Å². The second-order valence-corrected chi connectivity index (χ2v) is 8.25. The van der Waals surface area contributed by atoms with E-state index in [2.05, 4.69) is 4.90 Å². The fourth-order valence-corrected chi connectivity index (χ4v) is 4.66. The van der Waals surface area contributed by atoms with Gasteiger partial charge in [-0.2, -0.15) is 4.31 Å². The van der Waals surface area contributed by atoms with Gasteiger partial charge < -0.3 is 9.15 Å². The van der Waals surface area contributed by atoms with Gasteiger partial charge >= 0.3 is 0 Å². The molecule has 7 heteroatoms. The first kappa shape index (κ1) is 18.0.